The second kappa shape index (κ2) is 5.79. The first-order valence-corrected chi connectivity index (χ1v) is 7.50. The Morgan fingerprint density at radius 3 is 2.86 bits per heavy atom. The number of anilines is 1. The Morgan fingerprint density at radius 2 is 2.14 bits per heavy atom. The first-order valence-electron chi connectivity index (χ1n) is 7.50. The Labute approximate surface area is 128 Å². The Balaban J connectivity index is 1.63. The maximum absolute atomic E-state index is 12.0. The number of hydrogen-bond donors (Lipinski definition) is 2. The van der Waals surface area contributed by atoms with Gasteiger partial charge in [-0.3, -0.25) is 14.4 Å². The van der Waals surface area contributed by atoms with Crippen molar-refractivity contribution in [1.29, 1.82) is 0 Å². The van der Waals surface area contributed by atoms with E-state index in [9.17, 15) is 14.4 Å². The summed E-state index contributed by atoms with van der Waals surface area (Å²) in [6.45, 7) is 0.427. The van der Waals surface area contributed by atoms with Gasteiger partial charge in [0, 0.05) is 32.1 Å². The SMILES string of the molecule is CN1C(=O)CCc2cc(CNC(=O)C3CCC(=O)N3)ccc21. The zero-order valence-corrected chi connectivity index (χ0v) is 12.5. The van der Waals surface area contributed by atoms with Crippen LogP contribution in [0.25, 0.3) is 0 Å². The van der Waals surface area contributed by atoms with Gasteiger partial charge in [-0.05, 0) is 30.0 Å². The highest BCUT2D eigenvalue weighted by molar-refractivity contribution is 5.96. The van der Waals surface area contributed by atoms with Crippen molar-refractivity contribution in [1.82, 2.24) is 10.6 Å². The van der Waals surface area contributed by atoms with E-state index in [1.54, 1.807) is 11.9 Å². The summed E-state index contributed by atoms with van der Waals surface area (Å²) in [6.07, 6.45) is 2.23. The molecule has 2 aliphatic heterocycles. The number of hydrogen-bond acceptors (Lipinski definition) is 3. The molecule has 3 rings (SSSR count). The number of nitrogens with one attached hydrogen (secondary N) is 2. The lowest BCUT2D eigenvalue weighted by molar-refractivity contribution is -0.125. The predicted octanol–water partition coefficient (Wildman–Crippen LogP) is 0.490. The molecule has 0 aliphatic carbocycles. The lowest BCUT2D eigenvalue weighted by Gasteiger charge is -2.26. The molecule has 0 radical (unpaired) electrons. The van der Waals surface area contributed by atoms with E-state index in [2.05, 4.69) is 10.6 Å². The second-order valence-corrected chi connectivity index (χ2v) is 5.79. The number of benzene rings is 1. The van der Waals surface area contributed by atoms with Crippen molar-refractivity contribution in [2.75, 3.05) is 11.9 Å². The van der Waals surface area contributed by atoms with Gasteiger partial charge in [0.25, 0.3) is 0 Å². The molecule has 1 unspecified atom stereocenters. The Bertz CT molecular complexity index is 642. The van der Waals surface area contributed by atoms with Crippen molar-refractivity contribution in [3.8, 4) is 0 Å². The van der Waals surface area contributed by atoms with Crippen LogP contribution in [0.3, 0.4) is 0 Å². The van der Waals surface area contributed by atoms with Gasteiger partial charge in [0.2, 0.25) is 17.7 Å². The largest absolute Gasteiger partial charge is 0.350 e. The van der Waals surface area contributed by atoms with Crippen LogP contribution in [0.4, 0.5) is 5.69 Å². The summed E-state index contributed by atoms with van der Waals surface area (Å²) in [5.74, 6) is -0.0805. The Hall–Kier alpha value is -2.37. The summed E-state index contributed by atoms with van der Waals surface area (Å²) >= 11 is 0. The van der Waals surface area contributed by atoms with Gasteiger partial charge in [-0.25, -0.2) is 0 Å². The number of amides is 3. The molecule has 2 heterocycles. The molecule has 0 aromatic heterocycles. The maximum Gasteiger partial charge on any atom is 0.242 e. The van der Waals surface area contributed by atoms with Gasteiger partial charge in [0.05, 0.1) is 0 Å². The molecule has 1 saturated heterocycles. The van der Waals surface area contributed by atoms with Crippen LogP contribution in [0, 0.1) is 0 Å². The van der Waals surface area contributed by atoms with E-state index in [-0.39, 0.29) is 17.7 Å². The number of aryl methyl sites for hydroxylation is 1. The molecule has 1 aromatic carbocycles. The van der Waals surface area contributed by atoms with Crippen LogP contribution < -0.4 is 15.5 Å². The predicted molar refractivity (Wildman–Crippen MR) is 81.2 cm³/mol. The van der Waals surface area contributed by atoms with Crippen LogP contribution in [-0.4, -0.2) is 30.8 Å². The highest BCUT2D eigenvalue weighted by Gasteiger charge is 2.27. The van der Waals surface area contributed by atoms with E-state index in [1.165, 1.54) is 0 Å². The van der Waals surface area contributed by atoms with Gasteiger partial charge in [0.15, 0.2) is 0 Å². The number of fused-ring (bicyclic) bond motifs is 1. The molecular weight excluding hydrogens is 282 g/mol. The summed E-state index contributed by atoms with van der Waals surface area (Å²) in [6, 6.07) is 5.47. The van der Waals surface area contributed by atoms with E-state index < -0.39 is 6.04 Å². The highest BCUT2D eigenvalue weighted by atomic mass is 16.2. The topological polar surface area (TPSA) is 78.5 Å². The monoisotopic (exact) mass is 301 g/mol. The molecule has 1 aromatic rings. The Kier molecular flexibility index (Phi) is 3.83. The Morgan fingerprint density at radius 1 is 1.32 bits per heavy atom. The van der Waals surface area contributed by atoms with E-state index in [4.69, 9.17) is 0 Å². The molecule has 2 N–H and O–H groups in total. The van der Waals surface area contributed by atoms with Crippen LogP contribution in [0.1, 0.15) is 30.4 Å². The van der Waals surface area contributed by atoms with Crippen LogP contribution in [-0.2, 0) is 27.3 Å². The third-order valence-corrected chi connectivity index (χ3v) is 4.27. The minimum Gasteiger partial charge on any atom is -0.350 e. The van der Waals surface area contributed by atoms with E-state index >= 15 is 0 Å². The maximum atomic E-state index is 12.0. The molecule has 0 spiro atoms. The summed E-state index contributed by atoms with van der Waals surface area (Å²) in [5, 5.41) is 5.51. The first-order chi connectivity index (χ1) is 10.5. The molecule has 3 amide bonds. The fraction of sp³-hybridized carbons (Fsp3) is 0.438. The number of rotatable bonds is 3. The van der Waals surface area contributed by atoms with Gasteiger partial charge in [-0.15, -0.1) is 0 Å². The molecule has 6 heteroatoms. The number of carbonyl (C=O) groups excluding carboxylic acids is 3. The number of nitrogens with zero attached hydrogens (tertiary/aromatic N) is 1. The number of carbonyl (C=O) groups is 3. The molecule has 1 atom stereocenters. The van der Waals surface area contributed by atoms with Crippen LogP contribution in [0.5, 0.6) is 0 Å². The lowest BCUT2D eigenvalue weighted by Crippen LogP contribution is -2.41. The van der Waals surface area contributed by atoms with Gasteiger partial charge >= 0.3 is 0 Å². The average molecular weight is 301 g/mol. The van der Waals surface area contributed by atoms with Crippen molar-refractivity contribution < 1.29 is 14.4 Å². The average Bonchev–Trinajstić information content (AvgIpc) is 2.95. The van der Waals surface area contributed by atoms with Crippen molar-refractivity contribution >= 4 is 23.4 Å². The minimum absolute atomic E-state index is 0.0679. The molecule has 0 bridgehead atoms. The van der Waals surface area contributed by atoms with E-state index in [0.29, 0.717) is 25.8 Å². The highest BCUT2D eigenvalue weighted by Crippen LogP contribution is 2.27. The third-order valence-electron chi connectivity index (χ3n) is 4.27. The van der Waals surface area contributed by atoms with Crippen molar-refractivity contribution in [3.05, 3.63) is 29.3 Å². The summed E-state index contributed by atoms with van der Waals surface area (Å²) in [7, 11) is 1.78. The standard InChI is InChI=1S/C16H19N3O3/c1-19-13-5-2-10(8-11(13)3-7-15(19)21)9-17-16(22)12-4-6-14(20)18-12/h2,5,8,12H,3-4,6-7,9H2,1H3,(H,17,22)(H,18,20). The molecule has 6 nitrogen and oxygen atoms in total. The van der Waals surface area contributed by atoms with Gasteiger partial charge in [-0.1, -0.05) is 12.1 Å². The summed E-state index contributed by atoms with van der Waals surface area (Å²) in [5.41, 5.74) is 3.07. The fourth-order valence-corrected chi connectivity index (χ4v) is 2.94. The smallest absolute Gasteiger partial charge is 0.242 e. The van der Waals surface area contributed by atoms with Crippen molar-refractivity contribution in [2.45, 2.75) is 38.3 Å². The van der Waals surface area contributed by atoms with Gasteiger partial charge in [-0.2, -0.15) is 0 Å². The van der Waals surface area contributed by atoms with E-state index in [0.717, 1.165) is 23.2 Å². The van der Waals surface area contributed by atoms with Crippen molar-refractivity contribution in [2.24, 2.45) is 0 Å². The molecule has 2 aliphatic rings. The van der Waals surface area contributed by atoms with Crippen molar-refractivity contribution in [3.63, 3.8) is 0 Å². The molecule has 0 saturated carbocycles. The summed E-state index contributed by atoms with van der Waals surface area (Å²) < 4.78 is 0. The quantitative estimate of drug-likeness (QED) is 0.853. The van der Waals surface area contributed by atoms with Crippen LogP contribution >= 0.6 is 0 Å². The lowest BCUT2D eigenvalue weighted by atomic mass is 9.99. The molecular formula is C16H19N3O3. The molecule has 22 heavy (non-hydrogen) atoms. The van der Waals surface area contributed by atoms with Gasteiger partial charge < -0.3 is 15.5 Å². The fourth-order valence-electron chi connectivity index (χ4n) is 2.94. The summed E-state index contributed by atoms with van der Waals surface area (Å²) in [4.78, 5) is 36.4. The van der Waals surface area contributed by atoms with Crippen LogP contribution in [0.15, 0.2) is 18.2 Å². The van der Waals surface area contributed by atoms with Crippen LogP contribution in [0.2, 0.25) is 0 Å². The molecule has 116 valence electrons. The normalized spacial score (nSPS) is 20.6. The van der Waals surface area contributed by atoms with Gasteiger partial charge in [0.1, 0.15) is 6.04 Å². The molecule has 1 fully saturated rings. The second-order valence-electron chi connectivity index (χ2n) is 5.79. The third kappa shape index (κ3) is 2.81. The zero-order chi connectivity index (χ0) is 15.7. The first kappa shape index (κ1) is 14.6. The minimum atomic E-state index is -0.408. The van der Waals surface area contributed by atoms with E-state index in [1.807, 2.05) is 18.2 Å². The zero-order valence-electron chi connectivity index (χ0n) is 12.5.